The van der Waals surface area contributed by atoms with E-state index in [9.17, 15) is 4.79 Å². The number of nitrogens with zero attached hydrogens (tertiary/aromatic N) is 1. The highest BCUT2D eigenvalue weighted by atomic mass is 35.5. The molecule has 2 saturated heterocycles. The quantitative estimate of drug-likeness (QED) is 0.305. The van der Waals surface area contributed by atoms with Gasteiger partial charge in [0.05, 0.1) is 33.0 Å². The van der Waals surface area contributed by atoms with Gasteiger partial charge in [-0.2, -0.15) is 0 Å². The second-order valence-corrected chi connectivity index (χ2v) is 8.59. The van der Waals surface area contributed by atoms with Crippen LogP contribution < -0.4 is 24.3 Å². The van der Waals surface area contributed by atoms with E-state index >= 15 is 0 Å². The first-order chi connectivity index (χ1) is 18.1. The lowest BCUT2D eigenvalue weighted by molar-refractivity contribution is -0.0328. The van der Waals surface area contributed by atoms with Gasteiger partial charge in [0.15, 0.2) is 23.0 Å². The van der Waals surface area contributed by atoms with E-state index in [-0.39, 0.29) is 32.0 Å². The van der Waals surface area contributed by atoms with Gasteiger partial charge in [0.2, 0.25) is 0 Å². The molecule has 0 radical (unpaired) electrons. The van der Waals surface area contributed by atoms with E-state index in [0.717, 1.165) is 31.2 Å². The Hall–Kier alpha value is -2.43. The van der Waals surface area contributed by atoms with E-state index in [1.165, 1.54) is 0 Å². The number of carbonyl (C=O) groups is 1. The van der Waals surface area contributed by atoms with Crippen molar-refractivity contribution >= 4 is 29.4 Å². The van der Waals surface area contributed by atoms with Crippen LogP contribution in [0.15, 0.2) is 48.5 Å². The highest BCUT2D eigenvalue weighted by molar-refractivity contribution is 6.62. The standard InChI is InChI=1S/C14H18ClNO4.C13H19NO3.CH4.ClH/c1-2-18-12-5-3-4-6-13(12)20-10-11-9-16(14(15)17)7-8-19-11;1-2-15-12-5-3-4-6-13(12)17-10-11-9-14-7-8-16-11;;/h3-6,11H,2,7-10H2,1H3;3-6,11,14H,2,7-10H2,1H3;1H4;1H. The lowest BCUT2D eigenvalue weighted by atomic mass is 10.3. The first kappa shape index (κ1) is 34.6. The molecule has 2 aromatic carbocycles. The smallest absolute Gasteiger partial charge is 0.316 e. The Labute approximate surface area is 243 Å². The molecule has 39 heavy (non-hydrogen) atoms. The Morgan fingerprint density at radius 3 is 1.82 bits per heavy atom. The summed E-state index contributed by atoms with van der Waals surface area (Å²) in [6.45, 7) is 9.96. The predicted octanol–water partition coefficient (Wildman–Crippen LogP) is 5.03. The van der Waals surface area contributed by atoms with E-state index in [1.54, 1.807) is 4.90 Å². The van der Waals surface area contributed by atoms with Crippen LogP contribution in [0.25, 0.3) is 0 Å². The molecule has 2 aliphatic heterocycles. The normalized spacial score (nSPS) is 18.3. The van der Waals surface area contributed by atoms with Crippen LogP contribution in [0.1, 0.15) is 21.3 Å². The zero-order chi connectivity index (χ0) is 26.3. The third-order valence-corrected chi connectivity index (χ3v) is 5.78. The summed E-state index contributed by atoms with van der Waals surface area (Å²) in [5, 5.41) is 2.82. The number of halogens is 2. The van der Waals surface area contributed by atoms with Gasteiger partial charge < -0.3 is 38.6 Å². The van der Waals surface area contributed by atoms with Crippen LogP contribution in [0.2, 0.25) is 0 Å². The van der Waals surface area contributed by atoms with Crippen molar-refractivity contribution in [1.82, 2.24) is 10.2 Å². The molecule has 220 valence electrons. The average Bonchev–Trinajstić information content (AvgIpc) is 2.93. The minimum atomic E-state index is -0.451. The number of benzene rings is 2. The number of nitrogens with one attached hydrogen (secondary N) is 1. The fraction of sp³-hybridized carbons (Fsp3) is 0.536. The van der Waals surface area contributed by atoms with Gasteiger partial charge in [-0.25, -0.2) is 0 Å². The van der Waals surface area contributed by atoms with Crippen LogP contribution in [-0.2, 0) is 9.47 Å². The van der Waals surface area contributed by atoms with Crippen molar-refractivity contribution in [3.8, 4) is 23.0 Å². The Morgan fingerprint density at radius 2 is 1.36 bits per heavy atom. The first-order valence-corrected chi connectivity index (χ1v) is 13.1. The maximum Gasteiger partial charge on any atom is 0.316 e. The molecular weight excluding hydrogens is 547 g/mol. The number of rotatable bonds is 10. The molecule has 2 heterocycles. The predicted molar refractivity (Wildman–Crippen MR) is 155 cm³/mol. The van der Waals surface area contributed by atoms with Crippen LogP contribution >= 0.6 is 24.0 Å². The molecule has 2 aliphatic rings. The van der Waals surface area contributed by atoms with Gasteiger partial charge >= 0.3 is 5.37 Å². The summed E-state index contributed by atoms with van der Waals surface area (Å²) in [6, 6.07) is 15.2. The molecule has 4 rings (SSSR count). The first-order valence-electron chi connectivity index (χ1n) is 12.7. The highest BCUT2D eigenvalue weighted by Gasteiger charge is 2.24. The number of ether oxygens (including phenoxy) is 6. The minimum absolute atomic E-state index is 0. The zero-order valence-corrected chi connectivity index (χ0v) is 23.5. The Balaban J connectivity index is 0.000000375. The van der Waals surface area contributed by atoms with Crippen molar-refractivity contribution in [2.24, 2.45) is 0 Å². The van der Waals surface area contributed by atoms with E-state index in [4.69, 9.17) is 40.0 Å². The lowest BCUT2D eigenvalue weighted by Gasteiger charge is -2.31. The number of hydrogen-bond donors (Lipinski definition) is 1. The average molecular weight is 590 g/mol. The van der Waals surface area contributed by atoms with Gasteiger partial charge in [-0.1, -0.05) is 31.7 Å². The SMILES string of the molecule is C.CCOc1ccccc1OCC1CN(C(=O)Cl)CCO1.CCOc1ccccc1OCC1CNCCO1.Cl. The van der Waals surface area contributed by atoms with Gasteiger partial charge in [0, 0.05) is 19.6 Å². The van der Waals surface area contributed by atoms with E-state index < -0.39 is 5.37 Å². The molecule has 0 aromatic heterocycles. The van der Waals surface area contributed by atoms with Gasteiger partial charge in [0.1, 0.15) is 25.4 Å². The molecule has 2 aromatic rings. The summed E-state index contributed by atoms with van der Waals surface area (Å²) in [5.41, 5.74) is 0. The second kappa shape index (κ2) is 19.6. The molecule has 9 nitrogen and oxygen atoms in total. The number of hydrogen-bond acceptors (Lipinski definition) is 8. The fourth-order valence-electron chi connectivity index (χ4n) is 3.76. The lowest BCUT2D eigenvalue weighted by Crippen LogP contribution is -2.45. The molecule has 1 N–H and O–H groups in total. The van der Waals surface area contributed by atoms with Crippen molar-refractivity contribution in [2.45, 2.75) is 33.5 Å². The molecular formula is C28H42Cl2N2O7. The van der Waals surface area contributed by atoms with Crippen molar-refractivity contribution in [3.05, 3.63) is 48.5 Å². The third kappa shape index (κ3) is 12.1. The molecule has 2 unspecified atom stereocenters. The monoisotopic (exact) mass is 588 g/mol. The van der Waals surface area contributed by atoms with Crippen molar-refractivity contribution in [3.63, 3.8) is 0 Å². The number of carbonyl (C=O) groups excluding carboxylic acids is 1. The largest absolute Gasteiger partial charge is 0.490 e. The van der Waals surface area contributed by atoms with Crippen LogP contribution in [0.5, 0.6) is 23.0 Å². The Kier molecular flexibility index (Phi) is 17.4. The van der Waals surface area contributed by atoms with Crippen LogP contribution in [0.3, 0.4) is 0 Å². The molecule has 0 saturated carbocycles. The van der Waals surface area contributed by atoms with Gasteiger partial charge in [-0.3, -0.25) is 4.79 Å². The zero-order valence-electron chi connectivity index (χ0n) is 21.9. The molecule has 0 spiro atoms. The van der Waals surface area contributed by atoms with E-state index in [1.807, 2.05) is 62.4 Å². The van der Waals surface area contributed by atoms with Crippen LogP contribution in [0.4, 0.5) is 4.79 Å². The topological polar surface area (TPSA) is 87.7 Å². The number of morpholine rings is 2. The van der Waals surface area contributed by atoms with Crippen molar-refractivity contribution < 1.29 is 33.2 Å². The second-order valence-electron chi connectivity index (χ2n) is 8.27. The summed E-state index contributed by atoms with van der Waals surface area (Å²) in [7, 11) is 0. The highest BCUT2D eigenvalue weighted by Crippen LogP contribution is 2.27. The maximum atomic E-state index is 11.1. The summed E-state index contributed by atoms with van der Waals surface area (Å²) in [6.07, 6.45) is -0.0560. The molecule has 11 heteroatoms. The summed E-state index contributed by atoms with van der Waals surface area (Å²) in [5.74, 6) is 2.95. The summed E-state index contributed by atoms with van der Waals surface area (Å²) < 4.78 is 33.6. The molecule has 0 aliphatic carbocycles. The van der Waals surface area contributed by atoms with Crippen LogP contribution in [-0.4, -0.2) is 88.3 Å². The number of para-hydroxylation sites is 4. The van der Waals surface area contributed by atoms with Crippen molar-refractivity contribution in [1.29, 1.82) is 0 Å². The fourth-order valence-corrected chi connectivity index (χ4v) is 3.91. The molecule has 2 fully saturated rings. The molecule has 0 bridgehead atoms. The van der Waals surface area contributed by atoms with Crippen molar-refractivity contribution in [2.75, 3.05) is 65.8 Å². The maximum absolute atomic E-state index is 11.1. The van der Waals surface area contributed by atoms with Gasteiger partial charge in [-0.15, -0.1) is 12.4 Å². The molecule has 2 atom stereocenters. The van der Waals surface area contributed by atoms with Gasteiger partial charge in [-0.05, 0) is 49.7 Å². The van der Waals surface area contributed by atoms with E-state index in [0.29, 0.717) is 57.6 Å². The van der Waals surface area contributed by atoms with Gasteiger partial charge in [0.25, 0.3) is 0 Å². The Bertz CT molecular complexity index is 948. The van der Waals surface area contributed by atoms with Crippen LogP contribution in [0, 0.1) is 0 Å². The third-order valence-electron chi connectivity index (χ3n) is 5.54. The summed E-state index contributed by atoms with van der Waals surface area (Å²) >= 11 is 5.48. The van der Waals surface area contributed by atoms with E-state index in [2.05, 4.69) is 5.32 Å². The molecule has 1 amide bonds. The number of amides is 1. The summed E-state index contributed by atoms with van der Waals surface area (Å²) in [4.78, 5) is 12.7. The Morgan fingerprint density at radius 1 is 0.872 bits per heavy atom. The minimum Gasteiger partial charge on any atom is -0.490 e.